The van der Waals surface area contributed by atoms with Crippen LogP contribution in [0, 0.1) is 17.7 Å². The molecule has 0 aliphatic carbocycles. The van der Waals surface area contributed by atoms with E-state index in [1.165, 1.54) is 44.1 Å². The van der Waals surface area contributed by atoms with Crippen molar-refractivity contribution >= 4 is 23.3 Å². The second-order valence-electron chi connectivity index (χ2n) is 7.47. The molecule has 0 spiro atoms. The second kappa shape index (κ2) is 8.37. The lowest BCUT2D eigenvalue weighted by atomic mass is 9.93. The Morgan fingerprint density at radius 3 is 2.52 bits per heavy atom. The van der Waals surface area contributed by atoms with Crippen molar-refractivity contribution in [2.24, 2.45) is 11.8 Å². The minimum atomic E-state index is -0.479. The van der Waals surface area contributed by atoms with Crippen molar-refractivity contribution in [3.8, 4) is 0 Å². The van der Waals surface area contributed by atoms with Gasteiger partial charge in [0.1, 0.15) is 5.82 Å². The number of benzene rings is 1. The summed E-state index contributed by atoms with van der Waals surface area (Å²) in [6.07, 6.45) is 4.70. The van der Waals surface area contributed by atoms with Gasteiger partial charge in [-0.2, -0.15) is 0 Å². The van der Waals surface area contributed by atoms with Crippen LogP contribution in [0.4, 0.5) is 14.9 Å². The summed E-state index contributed by atoms with van der Waals surface area (Å²) in [5.41, 5.74) is 0.529. The minimum absolute atomic E-state index is 0.0207. The van der Waals surface area contributed by atoms with E-state index in [-0.39, 0.29) is 11.1 Å². The molecule has 6 heteroatoms. The van der Waals surface area contributed by atoms with E-state index in [4.69, 9.17) is 11.6 Å². The number of halogens is 2. The Morgan fingerprint density at radius 2 is 1.88 bits per heavy atom. The normalized spacial score (nSPS) is 20.7. The summed E-state index contributed by atoms with van der Waals surface area (Å²) in [4.78, 5) is 16.8. The summed E-state index contributed by atoms with van der Waals surface area (Å²) in [6.45, 7) is 7.48. The van der Waals surface area contributed by atoms with Crippen LogP contribution in [0.3, 0.4) is 0 Å². The van der Waals surface area contributed by atoms with Crippen LogP contribution in [0.2, 0.25) is 5.02 Å². The molecule has 0 bridgehead atoms. The Bertz CT molecular complexity index is 596. The number of piperidine rings is 2. The molecule has 2 aliphatic rings. The van der Waals surface area contributed by atoms with Gasteiger partial charge < -0.3 is 15.1 Å². The third-order valence-corrected chi connectivity index (χ3v) is 5.75. The Kier molecular flexibility index (Phi) is 6.18. The van der Waals surface area contributed by atoms with Gasteiger partial charge in [-0.1, -0.05) is 18.5 Å². The molecule has 0 saturated carbocycles. The predicted octanol–water partition coefficient (Wildman–Crippen LogP) is 4.45. The molecule has 0 unspecified atom stereocenters. The molecule has 1 aromatic rings. The maximum atomic E-state index is 13.2. The quantitative estimate of drug-likeness (QED) is 0.856. The molecular formula is C19H27ClFN3O. The fourth-order valence-electron chi connectivity index (χ4n) is 3.70. The van der Waals surface area contributed by atoms with Crippen LogP contribution in [-0.2, 0) is 0 Å². The lowest BCUT2D eigenvalue weighted by molar-refractivity contribution is 0.130. The van der Waals surface area contributed by atoms with E-state index in [2.05, 4.69) is 17.1 Å². The lowest BCUT2D eigenvalue weighted by Crippen LogP contribution is -2.44. The first-order valence-corrected chi connectivity index (χ1v) is 9.62. The van der Waals surface area contributed by atoms with E-state index in [1.54, 1.807) is 0 Å². The zero-order chi connectivity index (χ0) is 17.8. The number of likely N-dealkylation sites (tertiary alicyclic amines) is 2. The number of hydrogen-bond acceptors (Lipinski definition) is 2. The summed E-state index contributed by atoms with van der Waals surface area (Å²) in [5, 5.41) is 2.83. The van der Waals surface area contributed by atoms with Gasteiger partial charge in [0.05, 0.1) is 5.02 Å². The van der Waals surface area contributed by atoms with Crippen molar-refractivity contribution in [3.63, 3.8) is 0 Å². The van der Waals surface area contributed by atoms with Gasteiger partial charge in [0.2, 0.25) is 0 Å². The van der Waals surface area contributed by atoms with Crippen LogP contribution < -0.4 is 5.32 Å². The van der Waals surface area contributed by atoms with Gasteiger partial charge in [-0.25, -0.2) is 9.18 Å². The van der Waals surface area contributed by atoms with Crippen LogP contribution in [0.1, 0.15) is 32.6 Å². The molecule has 0 radical (unpaired) electrons. The molecule has 0 atom stereocenters. The highest BCUT2D eigenvalue weighted by Gasteiger charge is 2.25. The molecule has 1 aromatic carbocycles. The Morgan fingerprint density at radius 1 is 1.20 bits per heavy atom. The number of amides is 2. The Labute approximate surface area is 154 Å². The number of anilines is 1. The molecule has 1 N–H and O–H groups in total. The highest BCUT2D eigenvalue weighted by Crippen LogP contribution is 2.24. The second-order valence-corrected chi connectivity index (χ2v) is 7.88. The van der Waals surface area contributed by atoms with E-state index in [9.17, 15) is 9.18 Å². The maximum absolute atomic E-state index is 13.2. The standard InChI is InChI=1S/C19H27ClFN3O/c1-14-4-8-23(9-5-14)13-15-6-10-24(11-7-15)19(25)22-16-2-3-18(21)17(20)12-16/h2-3,12,14-15H,4-11,13H2,1H3,(H,22,25). The maximum Gasteiger partial charge on any atom is 0.321 e. The van der Waals surface area contributed by atoms with Crippen molar-refractivity contribution in [1.82, 2.24) is 9.80 Å². The summed E-state index contributed by atoms with van der Waals surface area (Å²) >= 11 is 5.76. The summed E-state index contributed by atoms with van der Waals surface area (Å²) in [5.74, 6) is 1.06. The third-order valence-electron chi connectivity index (χ3n) is 5.47. The highest BCUT2D eigenvalue weighted by molar-refractivity contribution is 6.31. The van der Waals surface area contributed by atoms with Crippen LogP contribution >= 0.6 is 11.6 Å². The fraction of sp³-hybridized carbons (Fsp3) is 0.632. The smallest absolute Gasteiger partial charge is 0.321 e. The Hall–Kier alpha value is -1.33. The van der Waals surface area contributed by atoms with Gasteiger partial charge in [-0.3, -0.25) is 0 Å². The van der Waals surface area contributed by atoms with Gasteiger partial charge >= 0.3 is 6.03 Å². The highest BCUT2D eigenvalue weighted by atomic mass is 35.5. The molecule has 2 heterocycles. The topological polar surface area (TPSA) is 35.6 Å². The number of nitrogens with zero attached hydrogens (tertiary/aromatic N) is 2. The van der Waals surface area contributed by atoms with Crippen LogP contribution in [0.15, 0.2) is 18.2 Å². The van der Waals surface area contributed by atoms with E-state index in [1.807, 2.05) is 4.90 Å². The van der Waals surface area contributed by atoms with Gasteiger partial charge in [0.25, 0.3) is 0 Å². The van der Waals surface area contributed by atoms with E-state index in [0.717, 1.165) is 38.4 Å². The average molecular weight is 368 g/mol. The summed E-state index contributed by atoms with van der Waals surface area (Å²) in [6, 6.07) is 4.11. The molecule has 2 aliphatic heterocycles. The largest absolute Gasteiger partial charge is 0.325 e. The first kappa shape index (κ1) is 18.5. The van der Waals surface area contributed by atoms with Gasteiger partial charge in [-0.15, -0.1) is 0 Å². The molecule has 2 fully saturated rings. The number of nitrogens with one attached hydrogen (secondary N) is 1. The fourth-order valence-corrected chi connectivity index (χ4v) is 3.89. The van der Waals surface area contributed by atoms with E-state index < -0.39 is 5.82 Å². The molecule has 0 aromatic heterocycles. The summed E-state index contributed by atoms with van der Waals surface area (Å²) in [7, 11) is 0. The lowest BCUT2D eigenvalue weighted by Gasteiger charge is -2.37. The zero-order valence-corrected chi connectivity index (χ0v) is 15.6. The molecule has 138 valence electrons. The van der Waals surface area contributed by atoms with E-state index in [0.29, 0.717) is 11.6 Å². The molecular weight excluding hydrogens is 341 g/mol. The van der Waals surface area contributed by atoms with Gasteiger partial charge in [-0.05, 0) is 68.8 Å². The molecule has 4 nitrogen and oxygen atoms in total. The first-order chi connectivity index (χ1) is 12.0. The first-order valence-electron chi connectivity index (χ1n) is 9.24. The molecule has 2 saturated heterocycles. The van der Waals surface area contributed by atoms with Gasteiger partial charge in [0, 0.05) is 25.3 Å². The number of rotatable bonds is 3. The third kappa shape index (κ3) is 5.08. The van der Waals surface area contributed by atoms with Crippen LogP contribution in [-0.4, -0.2) is 48.6 Å². The molecule has 3 rings (SSSR count). The molecule has 25 heavy (non-hydrogen) atoms. The minimum Gasteiger partial charge on any atom is -0.325 e. The monoisotopic (exact) mass is 367 g/mol. The van der Waals surface area contributed by atoms with Crippen molar-refractivity contribution in [1.29, 1.82) is 0 Å². The number of hydrogen-bond donors (Lipinski definition) is 1. The van der Waals surface area contributed by atoms with Gasteiger partial charge in [0.15, 0.2) is 0 Å². The molecule has 2 amide bonds. The number of carbonyl (C=O) groups excluding carboxylic acids is 1. The van der Waals surface area contributed by atoms with Crippen LogP contribution in [0.5, 0.6) is 0 Å². The predicted molar refractivity (Wildman–Crippen MR) is 99.6 cm³/mol. The van der Waals surface area contributed by atoms with Crippen molar-refractivity contribution in [2.45, 2.75) is 32.6 Å². The number of carbonyl (C=O) groups is 1. The van der Waals surface area contributed by atoms with Crippen molar-refractivity contribution < 1.29 is 9.18 Å². The van der Waals surface area contributed by atoms with Crippen molar-refractivity contribution in [3.05, 3.63) is 29.0 Å². The number of urea groups is 1. The SMILES string of the molecule is CC1CCN(CC2CCN(C(=O)Nc3ccc(F)c(Cl)c3)CC2)CC1. The van der Waals surface area contributed by atoms with Crippen LogP contribution in [0.25, 0.3) is 0 Å². The average Bonchev–Trinajstić information content (AvgIpc) is 2.61. The Balaban J connectivity index is 1.43. The zero-order valence-electron chi connectivity index (χ0n) is 14.8. The summed E-state index contributed by atoms with van der Waals surface area (Å²) < 4.78 is 13.2. The van der Waals surface area contributed by atoms with Crippen molar-refractivity contribution in [2.75, 3.05) is 38.0 Å². The van der Waals surface area contributed by atoms with E-state index >= 15 is 0 Å².